The minimum Gasteiger partial charge on any atom is -0.369 e. The molecule has 0 aromatic carbocycles. The SMILES string of the molecule is CC(C)c1cc(N2CCN(C)CC2)ccn1. The smallest absolute Gasteiger partial charge is 0.0449 e. The Morgan fingerprint density at radius 2 is 1.88 bits per heavy atom. The molecule has 0 aliphatic carbocycles. The van der Waals surface area contributed by atoms with Crippen LogP contribution >= 0.6 is 0 Å². The number of anilines is 1. The number of nitrogens with zero attached hydrogens (tertiary/aromatic N) is 3. The van der Waals surface area contributed by atoms with Crippen LogP contribution < -0.4 is 4.90 Å². The largest absolute Gasteiger partial charge is 0.369 e. The first-order valence-electron chi connectivity index (χ1n) is 6.06. The van der Waals surface area contributed by atoms with Crippen LogP contribution in [0, 0.1) is 0 Å². The summed E-state index contributed by atoms with van der Waals surface area (Å²) in [5.41, 5.74) is 2.52. The number of piperazine rings is 1. The quantitative estimate of drug-likeness (QED) is 0.758. The Hall–Kier alpha value is -1.09. The predicted octanol–water partition coefficient (Wildman–Crippen LogP) is 1.96. The van der Waals surface area contributed by atoms with Crippen molar-refractivity contribution in [3.63, 3.8) is 0 Å². The topological polar surface area (TPSA) is 19.4 Å². The van der Waals surface area contributed by atoms with Crippen LogP contribution in [0.3, 0.4) is 0 Å². The van der Waals surface area contributed by atoms with E-state index >= 15 is 0 Å². The minimum atomic E-state index is 0.507. The van der Waals surface area contributed by atoms with Crippen LogP contribution in [0.5, 0.6) is 0 Å². The van der Waals surface area contributed by atoms with E-state index in [2.05, 4.69) is 47.8 Å². The third kappa shape index (κ3) is 2.53. The fourth-order valence-electron chi connectivity index (χ4n) is 2.01. The van der Waals surface area contributed by atoms with Crippen LogP contribution in [-0.4, -0.2) is 43.1 Å². The number of pyridine rings is 1. The Labute approximate surface area is 98.1 Å². The van der Waals surface area contributed by atoms with Gasteiger partial charge in [-0.05, 0) is 25.1 Å². The van der Waals surface area contributed by atoms with Gasteiger partial charge in [-0.1, -0.05) is 13.8 Å². The molecule has 0 radical (unpaired) electrons. The standard InChI is InChI=1S/C13H21N3/c1-11(2)13-10-12(4-5-14-13)16-8-6-15(3)7-9-16/h4-5,10-11H,6-9H2,1-3H3. The summed E-state index contributed by atoms with van der Waals surface area (Å²) in [5.74, 6) is 0.507. The molecule has 1 fully saturated rings. The van der Waals surface area contributed by atoms with Crippen molar-refractivity contribution >= 4 is 5.69 Å². The fourth-order valence-corrected chi connectivity index (χ4v) is 2.01. The third-order valence-electron chi connectivity index (χ3n) is 3.22. The van der Waals surface area contributed by atoms with Gasteiger partial charge in [0.2, 0.25) is 0 Å². The zero-order valence-electron chi connectivity index (χ0n) is 10.5. The molecule has 0 N–H and O–H groups in total. The van der Waals surface area contributed by atoms with Crippen molar-refractivity contribution in [2.24, 2.45) is 0 Å². The number of rotatable bonds is 2. The first-order chi connectivity index (χ1) is 7.66. The highest BCUT2D eigenvalue weighted by molar-refractivity contribution is 5.47. The number of likely N-dealkylation sites (N-methyl/N-ethyl adjacent to an activating group) is 1. The molecule has 2 rings (SSSR count). The maximum Gasteiger partial charge on any atom is 0.0449 e. The normalized spacial score (nSPS) is 18.1. The molecule has 0 unspecified atom stereocenters. The van der Waals surface area contributed by atoms with Gasteiger partial charge in [-0.2, -0.15) is 0 Å². The Kier molecular flexibility index (Phi) is 3.44. The zero-order chi connectivity index (χ0) is 11.5. The van der Waals surface area contributed by atoms with Gasteiger partial charge in [-0.15, -0.1) is 0 Å². The van der Waals surface area contributed by atoms with Crippen LogP contribution in [0.2, 0.25) is 0 Å². The summed E-state index contributed by atoms with van der Waals surface area (Å²) in [6.07, 6.45) is 1.93. The van der Waals surface area contributed by atoms with E-state index < -0.39 is 0 Å². The average Bonchev–Trinajstić information content (AvgIpc) is 2.30. The maximum absolute atomic E-state index is 4.41. The molecule has 1 aromatic heterocycles. The van der Waals surface area contributed by atoms with Crippen molar-refractivity contribution in [1.82, 2.24) is 9.88 Å². The monoisotopic (exact) mass is 219 g/mol. The van der Waals surface area contributed by atoms with Crippen LogP contribution in [-0.2, 0) is 0 Å². The first-order valence-corrected chi connectivity index (χ1v) is 6.06. The molecule has 1 aromatic rings. The van der Waals surface area contributed by atoms with Crippen molar-refractivity contribution in [2.75, 3.05) is 38.1 Å². The molecule has 88 valence electrons. The molecular formula is C13H21N3. The van der Waals surface area contributed by atoms with Gasteiger partial charge in [-0.25, -0.2) is 0 Å². The summed E-state index contributed by atoms with van der Waals surface area (Å²) in [4.78, 5) is 9.24. The molecule has 1 aliphatic heterocycles. The first kappa shape index (κ1) is 11.4. The molecule has 0 spiro atoms. The second kappa shape index (κ2) is 4.83. The van der Waals surface area contributed by atoms with E-state index in [-0.39, 0.29) is 0 Å². The summed E-state index contributed by atoms with van der Waals surface area (Å²) >= 11 is 0. The van der Waals surface area contributed by atoms with E-state index in [0.29, 0.717) is 5.92 Å². The van der Waals surface area contributed by atoms with Crippen LogP contribution in [0.4, 0.5) is 5.69 Å². The summed E-state index contributed by atoms with van der Waals surface area (Å²) in [5, 5.41) is 0. The number of hydrogen-bond acceptors (Lipinski definition) is 3. The highest BCUT2D eigenvalue weighted by atomic mass is 15.2. The molecule has 0 amide bonds. The minimum absolute atomic E-state index is 0.507. The van der Waals surface area contributed by atoms with E-state index in [1.807, 2.05) is 6.20 Å². The van der Waals surface area contributed by atoms with E-state index in [1.165, 1.54) is 11.4 Å². The lowest BCUT2D eigenvalue weighted by Gasteiger charge is -2.34. The van der Waals surface area contributed by atoms with Crippen molar-refractivity contribution in [1.29, 1.82) is 0 Å². The van der Waals surface area contributed by atoms with Crippen LogP contribution in [0.15, 0.2) is 18.3 Å². The van der Waals surface area contributed by atoms with Gasteiger partial charge in [0, 0.05) is 43.8 Å². The predicted molar refractivity (Wildman–Crippen MR) is 68.0 cm³/mol. The molecule has 3 heteroatoms. The van der Waals surface area contributed by atoms with Gasteiger partial charge in [0.15, 0.2) is 0 Å². The Balaban J connectivity index is 2.11. The molecule has 3 nitrogen and oxygen atoms in total. The van der Waals surface area contributed by atoms with E-state index in [1.54, 1.807) is 0 Å². The van der Waals surface area contributed by atoms with E-state index in [9.17, 15) is 0 Å². The Morgan fingerprint density at radius 3 is 2.50 bits per heavy atom. The van der Waals surface area contributed by atoms with Crippen molar-refractivity contribution in [2.45, 2.75) is 19.8 Å². The van der Waals surface area contributed by atoms with Crippen molar-refractivity contribution in [3.8, 4) is 0 Å². The van der Waals surface area contributed by atoms with E-state index in [4.69, 9.17) is 0 Å². The van der Waals surface area contributed by atoms with Crippen molar-refractivity contribution < 1.29 is 0 Å². The van der Waals surface area contributed by atoms with Crippen LogP contribution in [0.25, 0.3) is 0 Å². The average molecular weight is 219 g/mol. The molecule has 0 bridgehead atoms. The molecule has 16 heavy (non-hydrogen) atoms. The summed E-state index contributed by atoms with van der Waals surface area (Å²) in [6, 6.07) is 4.35. The molecular weight excluding hydrogens is 198 g/mol. The highest BCUT2D eigenvalue weighted by Crippen LogP contribution is 2.20. The number of aromatic nitrogens is 1. The van der Waals surface area contributed by atoms with Crippen LogP contribution in [0.1, 0.15) is 25.5 Å². The Morgan fingerprint density at radius 1 is 1.19 bits per heavy atom. The van der Waals surface area contributed by atoms with Gasteiger partial charge in [0.1, 0.15) is 0 Å². The van der Waals surface area contributed by atoms with E-state index in [0.717, 1.165) is 26.2 Å². The zero-order valence-corrected chi connectivity index (χ0v) is 10.5. The second-order valence-corrected chi connectivity index (χ2v) is 4.88. The lowest BCUT2D eigenvalue weighted by Crippen LogP contribution is -2.44. The molecule has 2 heterocycles. The van der Waals surface area contributed by atoms with Gasteiger partial charge in [-0.3, -0.25) is 4.98 Å². The summed E-state index contributed by atoms with van der Waals surface area (Å²) in [7, 11) is 2.18. The molecule has 0 saturated carbocycles. The van der Waals surface area contributed by atoms with Crippen molar-refractivity contribution in [3.05, 3.63) is 24.0 Å². The Bertz CT molecular complexity index is 341. The fraction of sp³-hybridized carbons (Fsp3) is 0.615. The molecule has 1 saturated heterocycles. The third-order valence-corrected chi connectivity index (χ3v) is 3.22. The maximum atomic E-state index is 4.41. The number of hydrogen-bond donors (Lipinski definition) is 0. The van der Waals surface area contributed by atoms with Gasteiger partial charge >= 0.3 is 0 Å². The van der Waals surface area contributed by atoms with Gasteiger partial charge in [0.25, 0.3) is 0 Å². The van der Waals surface area contributed by atoms with Gasteiger partial charge in [0.05, 0.1) is 0 Å². The molecule has 1 aliphatic rings. The highest BCUT2D eigenvalue weighted by Gasteiger charge is 2.14. The summed E-state index contributed by atoms with van der Waals surface area (Å²) in [6.45, 7) is 8.93. The lowest BCUT2D eigenvalue weighted by atomic mass is 10.1. The lowest BCUT2D eigenvalue weighted by molar-refractivity contribution is 0.313. The van der Waals surface area contributed by atoms with Gasteiger partial charge < -0.3 is 9.80 Å². The second-order valence-electron chi connectivity index (χ2n) is 4.88. The molecule has 0 atom stereocenters. The summed E-state index contributed by atoms with van der Waals surface area (Å²) < 4.78 is 0.